The van der Waals surface area contributed by atoms with Crippen molar-refractivity contribution in [2.24, 2.45) is 5.41 Å². The first-order chi connectivity index (χ1) is 9.84. The van der Waals surface area contributed by atoms with Crippen molar-refractivity contribution in [1.29, 1.82) is 0 Å². The number of amides is 2. The Morgan fingerprint density at radius 1 is 1.62 bits per heavy atom. The first-order valence-electron chi connectivity index (χ1n) is 7.45. The van der Waals surface area contributed by atoms with E-state index in [4.69, 9.17) is 4.74 Å². The minimum Gasteiger partial charge on any atom is -0.378 e. The number of nitrogens with one attached hydrogen (secondary N) is 2. The lowest BCUT2D eigenvalue weighted by molar-refractivity contribution is -0.110. The number of thiazole rings is 1. The van der Waals surface area contributed by atoms with E-state index < -0.39 is 0 Å². The molecule has 2 amide bonds. The zero-order valence-corrected chi connectivity index (χ0v) is 14.2. The number of aryl methyl sites for hydroxylation is 1. The lowest BCUT2D eigenvalue weighted by Gasteiger charge is -2.51. The Labute approximate surface area is 130 Å². The van der Waals surface area contributed by atoms with Crippen LogP contribution in [0, 0.1) is 12.3 Å². The number of urea groups is 1. The van der Waals surface area contributed by atoms with Crippen molar-refractivity contribution < 1.29 is 9.53 Å². The maximum Gasteiger partial charge on any atom is 0.315 e. The predicted molar refractivity (Wildman–Crippen MR) is 84.5 cm³/mol. The van der Waals surface area contributed by atoms with Crippen LogP contribution in [0.2, 0.25) is 0 Å². The van der Waals surface area contributed by atoms with E-state index in [0.717, 1.165) is 17.1 Å². The molecule has 1 aliphatic rings. The van der Waals surface area contributed by atoms with Gasteiger partial charge < -0.3 is 15.4 Å². The molecule has 1 saturated carbocycles. The van der Waals surface area contributed by atoms with E-state index in [1.54, 1.807) is 11.3 Å². The number of ether oxygens (including phenoxy) is 1. The molecule has 2 rings (SSSR count). The number of aromatic nitrogens is 1. The summed E-state index contributed by atoms with van der Waals surface area (Å²) in [6.07, 6.45) is 1.10. The Balaban J connectivity index is 1.83. The minimum absolute atomic E-state index is 0.0195. The minimum atomic E-state index is -0.136. The van der Waals surface area contributed by atoms with Crippen molar-refractivity contribution in [3.05, 3.63) is 16.1 Å². The topological polar surface area (TPSA) is 63.2 Å². The van der Waals surface area contributed by atoms with E-state index in [1.165, 1.54) is 0 Å². The molecule has 1 fully saturated rings. The summed E-state index contributed by atoms with van der Waals surface area (Å²) < 4.78 is 5.68. The highest BCUT2D eigenvalue weighted by Crippen LogP contribution is 2.42. The van der Waals surface area contributed by atoms with Crippen molar-refractivity contribution in [1.82, 2.24) is 15.6 Å². The molecular formula is C15H25N3O2S. The van der Waals surface area contributed by atoms with Gasteiger partial charge in [-0.25, -0.2) is 9.78 Å². The van der Waals surface area contributed by atoms with Gasteiger partial charge in [0.15, 0.2) is 0 Å². The van der Waals surface area contributed by atoms with Crippen LogP contribution in [0.5, 0.6) is 0 Å². The highest BCUT2D eigenvalue weighted by Gasteiger charge is 2.49. The highest BCUT2D eigenvalue weighted by molar-refractivity contribution is 7.09. The second kappa shape index (κ2) is 6.32. The summed E-state index contributed by atoms with van der Waals surface area (Å²) in [7, 11) is 0. The average Bonchev–Trinajstić information content (AvgIpc) is 2.84. The summed E-state index contributed by atoms with van der Waals surface area (Å²) in [5.74, 6) is 0. The molecule has 0 aliphatic heterocycles. The number of carbonyl (C=O) groups is 1. The Morgan fingerprint density at radius 2 is 2.33 bits per heavy atom. The molecule has 1 aromatic rings. The lowest BCUT2D eigenvalue weighted by Crippen LogP contribution is -2.63. The quantitative estimate of drug-likeness (QED) is 0.878. The Hall–Kier alpha value is -1.14. The summed E-state index contributed by atoms with van der Waals surface area (Å²) in [6.45, 7) is 10.9. The SMILES string of the molecule is CCO[C@@H]1C[C@@H](NC(=O)N[C@@H](C)c2nc(C)cs2)C1(C)C. The standard InChI is InChI=1S/C15H25N3O2S/c1-6-20-12-7-11(15(12,4)5)18-14(19)17-10(3)13-16-9(2)8-21-13/h8,10-12H,6-7H2,1-5H3,(H2,17,18,19)/t10-,11+,12+/m0/s1. The molecule has 3 atom stereocenters. The van der Waals surface area contributed by atoms with E-state index >= 15 is 0 Å². The molecule has 1 heterocycles. The van der Waals surface area contributed by atoms with Crippen LogP contribution in [0.25, 0.3) is 0 Å². The number of hydrogen-bond donors (Lipinski definition) is 2. The molecule has 2 N–H and O–H groups in total. The number of hydrogen-bond acceptors (Lipinski definition) is 4. The van der Waals surface area contributed by atoms with Crippen LogP contribution in [-0.2, 0) is 4.74 Å². The number of nitrogens with zero attached hydrogens (tertiary/aromatic N) is 1. The molecule has 0 bridgehead atoms. The molecule has 21 heavy (non-hydrogen) atoms. The van der Waals surface area contributed by atoms with Gasteiger partial charge in [0, 0.05) is 29.1 Å². The number of rotatable bonds is 5. The van der Waals surface area contributed by atoms with E-state index in [9.17, 15) is 4.79 Å². The van der Waals surface area contributed by atoms with Crippen LogP contribution in [0.1, 0.15) is 50.9 Å². The van der Waals surface area contributed by atoms with Crippen LogP contribution in [0.4, 0.5) is 4.79 Å². The summed E-state index contributed by atoms with van der Waals surface area (Å²) in [6, 6.07) is -0.0581. The molecule has 0 spiro atoms. The van der Waals surface area contributed by atoms with E-state index in [1.807, 2.05) is 26.2 Å². The number of carbonyl (C=O) groups excluding carboxylic acids is 1. The zero-order chi connectivity index (χ0) is 15.6. The molecule has 0 unspecified atom stereocenters. The highest BCUT2D eigenvalue weighted by atomic mass is 32.1. The van der Waals surface area contributed by atoms with Gasteiger partial charge in [-0.15, -0.1) is 11.3 Å². The maximum atomic E-state index is 12.1. The third kappa shape index (κ3) is 3.55. The molecule has 1 aromatic heterocycles. The molecule has 1 aliphatic carbocycles. The summed E-state index contributed by atoms with van der Waals surface area (Å²) >= 11 is 1.57. The Kier molecular flexibility index (Phi) is 4.88. The van der Waals surface area contributed by atoms with E-state index in [0.29, 0.717) is 6.61 Å². The van der Waals surface area contributed by atoms with E-state index in [-0.39, 0.29) is 29.6 Å². The fraction of sp³-hybridized carbons (Fsp3) is 0.733. The monoisotopic (exact) mass is 311 g/mol. The van der Waals surface area contributed by atoms with Crippen LogP contribution >= 0.6 is 11.3 Å². The van der Waals surface area contributed by atoms with Gasteiger partial charge in [-0.3, -0.25) is 0 Å². The van der Waals surface area contributed by atoms with Crippen molar-refractivity contribution in [2.75, 3.05) is 6.61 Å². The van der Waals surface area contributed by atoms with Crippen LogP contribution in [0.3, 0.4) is 0 Å². The lowest BCUT2D eigenvalue weighted by atomic mass is 9.64. The van der Waals surface area contributed by atoms with Crippen molar-refractivity contribution in [3.8, 4) is 0 Å². The average molecular weight is 311 g/mol. The summed E-state index contributed by atoms with van der Waals surface area (Å²) in [5, 5.41) is 8.93. The second-order valence-electron chi connectivity index (χ2n) is 6.22. The third-order valence-corrected chi connectivity index (χ3v) is 5.35. The fourth-order valence-corrected chi connectivity index (χ4v) is 3.45. The van der Waals surface area contributed by atoms with Crippen LogP contribution < -0.4 is 10.6 Å². The van der Waals surface area contributed by atoms with Crippen molar-refractivity contribution in [3.63, 3.8) is 0 Å². The van der Waals surface area contributed by atoms with Gasteiger partial charge in [0.25, 0.3) is 0 Å². The van der Waals surface area contributed by atoms with Gasteiger partial charge in [-0.05, 0) is 27.2 Å². The van der Waals surface area contributed by atoms with Crippen molar-refractivity contribution in [2.45, 2.75) is 59.2 Å². The smallest absolute Gasteiger partial charge is 0.315 e. The van der Waals surface area contributed by atoms with Gasteiger partial charge in [-0.1, -0.05) is 13.8 Å². The molecular weight excluding hydrogens is 286 g/mol. The first kappa shape index (κ1) is 16.2. The van der Waals surface area contributed by atoms with Crippen molar-refractivity contribution >= 4 is 17.4 Å². The van der Waals surface area contributed by atoms with E-state index in [2.05, 4.69) is 29.5 Å². The Bertz CT molecular complexity index is 501. The molecule has 118 valence electrons. The molecule has 0 saturated heterocycles. The van der Waals surface area contributed by atoms with Crippen LogP contribution in [0.15, 0.2) is 5.38 Å². The molecule has 0 aromatic carbocycles. The molecule has 6 heteroatoms. The maximum absolute atomic E-state index is 12.1. The first-order valence-corrected chi connectivity index (χ1v) is 8.33. The molecule has 0 radical (unpaired) electrons. The largest absolute Gasteiger partial charge is 0.378 e. The van der Waals surface area contributed by atoms with Gasteiger partial charge >= 0.3 is 6.03 Å². The zero-order valence-electron chi connectivity index (χ0n) is 13.4. The van der Waals surface area contributed by atoms with Crippen LogP contribution in [-0.4, -0.2) is 29.8 Å². The predicted octanol–water partition coefficient (Wildman–Crippen LogP) is 3.02. The normalized spacial score (nSPS) is 25.0. The molecule has 5 nitrogen and oxygen atoms in total. The fourth-order valence-electron chi connectivity index (χ4n) is 2.64. The van der Waals surface area contributed by atoms with Gasteiger partial charge in [-0.2, -0.15) is 0 Å². The summed E-state index contributed by atoms with van der Waals surface area (Å²) in [5.41, 5.74) is 0.970. The van der Waals surface area contributed by atoms with Gasteiger partial charge in [0.1, 0.15) is 5.01 Å². The van der Waals surface area contributed by atoms with Gasteiger partial charge in [0.05, 0.1) is 12.1 Å². The summed E-state index contributed by atoms with van der Waals surface area (Å²) in [4.78, 5) is 16.5. The van der Waals surface area contributed by atoms with Gasteiger partial charge in [0.2, 0.25) is 0 Å². The second-order valence-corrected chi connectivity index (χ2v) is 7.11. The third-order valence-electron chi connectivity index (χ3n) is 4.21. The Morgan fingerprint density at radius 3 is 2.86 bits per heavy atom.